The van der Waals surface area contributed by atoms with Gasteiger partial charge in [-0.3, -0.25) is 24.2 Å². The van der Waals surface area contributed by atoms with Crippen LogP contribution in [0.4, 0.5) is 0 Å². The van der Waals surface area contributed by atoms with Gasteiger partial charge in [0.1, 0.15) is 16.7 Å². The highest BCUT2D eigenvalue weighted by molar-refractivity contribution is 5.97. The molecule has 0 radical (unpaired) electrons. The Labute approximate surface area is 152 Å². The fourth-order valence-corrected chi connectivity index (χ4v) is 3.63. The number of nitrogens with zero attached hydrogens (tertiary/aromatic N) is 2. The minimum Gasteiger partial charge on any atom is -0.483 e. The van der Waals surface area contributed by atoms with Crippen LogP contribution in [0.3, 0.4) is 0 Å². The third kappa shape index (κ3) is 3.41. The topological polar surface area (TPSA) is 172 Å². The van der Waals surface area contributed by atoms with Crippen molar-refractivity contribution in [2.75, 3.05) is 27.3 Å². The summed E-state index contributed by atoms with van der Waals surface area (Å²) in [5.74, 6) is -0.847. The van der Waals surface area contributed by atoms with E-state index in [9.17, 15) is 19.2 Å². The van der Waals surface area contributed by atoms with Gasteiger partial charge in [-0.1, -0.05) is 0 Å². The Morgan fingerprint density at radius 2 is 1.74 bits per heavy atom. The zero-order valence-electron chi connectivity index (χ0n) is 14.8. The van der Waals surface area contributed by atoms with Crippen molar-refractivity contribution in [1.29, 1.82) is 0 Å². The van der Waals surface area contributed by atoms with E-state index in [-0.39, 0.29) is 38.3 Å². The normalized spacial score (nSPS) is 24.9. The summed E-state index contributed by atoms with van der Waals surface area (Å²) in [6.45, 7) is 0.00931. The van der Waals surface area contributed by atoms with E-state index in [0.717, 1.165) is 0 Å². The van der Waals surface area contributed by atoms with Gasteiger partial charge in [-0.15, -0.1) is 0 Å². The molecule has 12 nitrogen and oxygen atoms in total. The van der Waals surface area contributed by atoms with Gasteiger partial charge in [-0.2, -0.15) is 5.10 Å². The number of ether oxygens (including phenoxy) is 2. The van der Waals surface area contributed by atoms with Crippen molar-refractivity contribution in [2.24, 2.45) is 10.8 Å². The molecule has 2 heterocycles. The SMILES string of the molecule is COC(=O)[C@@]12CN(C(=O)CCc3n[nH]c(=O)[nH]3)C[C@]1(C(=O)OC)C2.O=CO. The Morgan fingerprint density at radius 1 is 1.22 bits per heavy atom. The molecule has 1 aromatic rings. The Kier molecular flexibility index (Phi) is 5.66. The van der Waals surface area contributed by atoms with Crippen molar-refractivity contribution in [3.63, 3.8) is 0 Å². The van der Waals surface area contributed by atoms with Gasteiger partial charge in [0.25, 0.3) is 6.47 Å². The predicted molar refractivity (Wildman–Crippen MR) is 86.3 cm³/mol. The molecule has 148 valence electrons. The average Bonchev–Trinajstić information content (AvgIpc) is 2.94. The molecule has 27 heavy (non-hydrogen) atoms. The molecular weight excluding hydrogens is 364 g/mol. The van der Waals surface area contributed by atoms with Gasteiger partial charge in [0.15, 0.2) is 0 Å². The number of esters is 2. The molecule has 1 aliphatic heterocycles. The molecule has 1 amide bonds. The summed E-state index contributed by atoms with van der Waals surface area (Å²) in [6, 6.07) is 0. The van der Waals surface area contributed by atoms with Crippen molar-refractivity contribution >= 4 is 24.3 Å². The van der Waals surface area contributed by atoms with E-state index in [4.69, 9.17) is 19.4 Å². The van der Waals surface area contributed by atoms with E-state index in [1.54, 1.807) is 0 Å². The van der Waals surface area contributed by atoms with Gasteiger partial charge in [-0.25, -0.2) is 9.89 Å². The molecule has 2 aliphatic rings. The molecule has 1 aliphatic carbocycles. The second-order valence-electron chi connectivity index (χ2n) is 6.30. The lowest BCUT2D eigenvalue weighted by atomic mass is 9.96. The van der Waals surface area contributed by atoms with E-state index >= 15 is 0 Å². The number of likely N-dealkylation sites (tertiary alicyclic amines) is 1. The lowest BCUT2D eigenvalue weighted by molar-refractivity contribution is -0.155. The number of aryl methyl sites for hydroxylation is 1. The number of hydrogen-bond donors (Lipinski definition) is 3. The Morgan fingerprint density at radius 3 is 2.15 bits per heavy atom. The van der Waals surface area contributed by atoms with Crippen molar-refractivity contribution in [1.82, 2.24) is 20.1 Å². The number of methoxy groups -OCH3 is 2. The summed E-state index contributed by atoms with van der Waals surface area (Å²) in [7, 11) is 2.52. The molecule has 0 spiro atoms. The molecule has 0 bridgehead atoms. The molecule has 3 rings (SSSR count). The number of carbonyl (C=O) groups excluding carboxylic acids is 3. The second kappa shape index (κ2) is 7.60. The molecule has 1 saturated heterocycles. The van der Waals surface area contributed by atoms with E-state index in [2.05, 4.69) is 15.2 Å². The minimum absolute atomic E-state index is 0.106. The van der Waals surface area contributed by atoms with Crippen LogP contribution in [0.2, 0.25) is 0 Å². The lowest BCUT2D eigenvalue weighted by Gasteiger charge is -2.20. The number of aromatic nitrogens is 3. The highest BCUT2D eigenvalue weighted by Crippen LogP contribution is 2.69. The van der Waals surface area contributed by atoms with Gasteiger partial charge in [0.05, 0.1) is 14.2 Å². The van der Waals surface area contributed by atoms with Gasteiger partial charge in [0, 0.05) is 25.9 Å². The first-order valence-electron chi connectivity index (χ1n) is 7.96. The second-order valence-corrected chi connectivity index (χ2v) is 6.30. The van der Waals surface area contributed by atoms with Crippen LogP contribution < -0.4 is 5.69 Å². The maximum absolute atomic E-state index is 12.4. The molecule has 0 unspecified atom stereocenters. The molecule has 2 fully saturated rings. The number of H-pyrrole nitrogens is 2. The van der Waals surface area contributed by atoms with E-state index in [1.165, 1.54) is 19.1 Å². The average molecular weight is 384 g/mol. The first-order chi connectivity index (χ1) is 12.8. The molecule has 2 atom stereocenters. The van der Waals surface area contributed by atoms with Crippen LogP contribution in [0.25, 0.3) is 0 Å². The fraction of sp³-hybridized carbons (Fsp3) is 0.600. The van der Waals surface area contributed by atoms with Gasteiger partial charge < -0.3 is 19.5 Å². The van der Waals surface area contributed by atoms with Crippen LogP contribution in [-0.4, -0.2) is 76.8 Å². The van der Waals surface area contributed by atoms with Crippen molar-refractivity contribution in [3.05, 3.63) is 16.3 Å². The number of carbonyl (C=O) groups is 4. The van der Waals surface area contributed by atoms with Crippen LogP contribution in [0.15, 0.2) is 4.79 Å². The Hall–Kier alpha value is -3.18. The zero-order valence-corrected chi connectivity index (χ0v) is 14.8. The van der Waals surface area contributed by atoms with Crippen molar-refractivity contribution in [3.8, 4) is 0 Å². The van der Waals surface area contributed by atoms with Gasteiger partial charge >= 0.3 is 17.6 Å². The highest BCUT2D eigenvalue weighted by atomic mass is 16.5. The zero-order chi connectivity index (χ0) is 20.2. The largest absolute Gasteiger partial charge is 0.483 e. The van der Waals surface area contributed by atoms with Gasteiger partial charge in [-0.05, 0) is 6.42 Å². The number of hydrogen-bond acceptors (Lipinski definition) is 8. The van der Waals surface area contributed by atoms with E-state index in [0.29, 0.717) is 12.2 Å². The summed E-state index contributed by atoms with van der Waals surface area (Å²) in [5, 5.41) is 12.8. The van der Waals surface area contributed by atoms with Crippen molar-refractivity contribution in [2.45, 2.75) is 19.3 Å². The maximum atomic E-state index is 12.4. The third-order valence-electron chi connectivity index (χ3n) is 4.95. The summed E-state index contributed by atoms with van der Waals surface area (Å²) in [5.41, 5.74) is -2.45. The van der Waals surface area contributed by atoms with Crippen molar-refractivity contribution < 1.29 is 33.8 Å². The third-order valence-corrected chi connectivity index (χ3v) is 4.95. The van der Waals surface area contributed by atoms with Crippen LogP contribution in [-0.2, 0) is 35.1 Å². The number of aromatic amines is 2. The standard InChI is InChI=1S/C14H18N4O6.CH2O2/c1-23-10(20)13-5-14(13,11(21)24-2)7-18(6-13)9(19)4-3-8-15-12(22)17-16-8;2-1-3/h3-7H2,1-2H3,(H2,15,16,17,22);1H,(H,2,3)/t13-,14+;. The lowest BCUT2D eigenvalue weighted by Crippen LogP contribution is -2.35. The summed E-state index contributed by atoms with van der Waals surface area (Å²) in [4.78, 5) is 59.9. The summed E-state index contributed by atoms with van der Waals surface area (Å²) in [6.07, 6.45) is 0.690. The summed E-state index contributed by atoms with van der Waals surface area (Å²) >= 11 is 0. The summed E-state index contributed by atoms with van der Waals surface area (Å²) < 4.78 is 9.64. The van der Waals surface area contributed by atoms with Crippen LogP contribution in [0.1, 0.15) is 18.7 Å². The monoisotopic (exact) mass is 384 g/mol. The molecule has 0 aromatic carbocycles. The van der Waals surface area contributed by atoms with E-state index in [1.807, 2.05) is 0 Å². The number of fused-ring (bicyclic) bond motifs is 1. The number of nitrogens with one attached hydrogen (secondary N) is 2. The highest BCUT2D eigenvalue weighted by Gasteiger charge is 2.82. The van der Waals surface area contributed by atoms with Gasteiger partial charge in [0.2, 0.25) is 5.91 Å². The smallest absolute Gasteiger partial charge is 0.340 e. The molecule has 1 saturated carbocycles. The molecule has 1 aromatic heterocycles. The molecule has 12 heteroatoms. The fourth-order valence-electron chi connectivity index (χ4n) is 3.63. The first-order valence-corrected chi connectivity index (χ1v) is 7.96. The first kappa shape index (κ1) is 20.1. The molecule has 3 N–H and O–H groups in total. The maximum Gasteiger partial charge on any atom is 0.340 e. The predicted octanol–water partition coefficient (Wildman–Crippen LogP) is -1.70. The van der Waals surface area contributed by atoms with Crippen LogP contribution >= 0.6 is 0 Å². The molecular formula is C15H20N4O8. The quantitative estimate of drug-likeness (QED) is 0.395. The number of amides is 1. The number of piperidine rings is 1. The minimum atomic E-state index is -1.01. The number of carboxylic acid groups (broad SMARTS) is 1. The number of rotatable bonds is 5. The van der Waals surface area contributed by atoms with Crippen LogP contribution in [0.5, 0.6) is 0 Å². The Balaban J connectivity index is 0.000000817. The van der Waals surface area contributed by atoms with Crippen LogP contribution in [0, 0.1) is 10.8 Å². The Bertz CT molecular complexity index is 772. The van der Waals surface area contributed by atoms with E-state index < -0.39 is 28.5 Å².